The summed E-state index contributed by atoms with van der Waals surface area (Å²) in [5, 5.41) is 21.3. The van der Waals surface area contributed by atoms with Gasteiger partial charge in [0.15, 0.2) is 17.8 Å². The summed E-state index contributed by atoms with van der Waals surface area (Å²) >= 11 is 0. The highest BCUT2D eigenvalue weighted by Crippen LogP contribution is 2.54. The Hall–Kier alpha value is -1.68. The lowest BCUT2D eigenvalue weighted by Gasteiger charge is -2.49. The van der Waals surface area contributed by atoms with Crippen molar-refractivity contribution in [2.45, 2.75) is 59.0 Å². The highest BCUT2D eigenvalue weighted by molar-refractivity contribution is 6.01. The quantitative estimate of drug-likeness (QED) is 0.423. The number of carbonyl (C=O) groups excluding carboxylic acids is 2. The number of rotatable bonds is 1. The maximum absolute atomic E-state index is 11.8. The van der Waals surface area contributed by atoms with E-state index in [2.05, 4.69) is 13.8 Å². The maximum atomic E-state index is 11.8. The molecule has 0 amide bonds. The van der Waals surface area contributed by atoms with Gasteiger partial charge in [0.2, 0.25) is 0 Å². The summed E-state index contributed by atoms with van der Waals surface area (Å²) in [4.78, 5) is 23.0. The van der Waals surface area contributed by atoms with Crippen LogP contribution in [-0.2, 0) is 9.59 Å². The molecule has 6 atom stereocenters. The van der Waals surface area contributed by atoms with E-state index < -0.39 is 6.10 Å². The minimum Gasteiger partial charge on any atom is -0.505 e. The van der Waals surface area contributed by atoms with Crippen molar-refractivity contribution in [1.29, 1.82) is 0 Å². The molecule has 0 aliphatic heterocycles. The smallest absolute Gasteiger partial charge is 0.184 e. The van der Waals surface area contributed by atoms with Gasteiger partial charge in [-0.2, -0.15) is 0 Å². The van der Waals surface area contributed by atoms with Crippen LogP contribution in [0, 0.1) is 29.1 Å². The fraction of sp³-hybridized carbons (Fsp3) is 0.636. The molecule has 6 unspecified atom stereocenters. The van der Waals surface area contributed by atoms with Crippen LogP contribution in [0.3, 0.4) is 0 Å². The summed E-state index contributed by atoms with van der Waals surface area (Å²) in [5.41, 5.74) is 1.62. The molecule has 2 saturated carbocycles. The van der Waals surface area contributed by atoms with Gasteiger partial charge in [0, 0.05) is 11.3 Å². The number of hydrogen-bond donors (Lipinski definition) is 2. The summed E-state index contributed by atoms with van der Waals surface area (Å²) in [5.74, 6) is 0.357. The van der Waals surface area contributed by atoms with Crippen LogP contribution in [0.25, 0.3) is 0 Å². The van der Waals surface area contributed by atoms with Crippen molar-refractivity contribution >= 4 is 12.1 Å². The number of ketones is 1. The molecule has 2 fully saturated rings. The van der Waals surface area contributed by atoms with Crippen molar-refractivity contribution in [2.75, 3.05) is 0 Å². The second kappa shape index (κ2) is 7.15. The van der Waals surface area contributed by atoms with Crippen molar-refractivity contribution in [1.82, 2.24) is 0 Å². The second-order valence-electron chi connectivity index (χ2n) is 8.65. The van der Waals surface area contributed by atoms with E-state index >= 15 is 0 Å². The van der Waals surface area contributed by atoms with Crippen LogP contribution in [0.4, 0.5) is 0 Å². The third kappa shape index (κ3) is 3.20. The van der Waals surface area contributed by atoms with E-state index in [1.807, 2.05) is 13.0 Å². The first-order valence-electron chi connectivity index (χ1n) is 9.78. The Morgan fingerprint density at radius 1 is 1.23 bits per heavy atom. The van der Waals surface area contributed by atoms with Gasteiger partial charge in [-0.3, -0.25) is 9.59 Å². The van der Waals surface area contributed by atoms with Gasteiger partial charge in [-0.05, 0) is 67.6 Å². The van der Waals surface area contributed by atoms with Crippen LogP contribution in [-0.4, -0.2) is 28.4 Å². The third-order valence-corrected chi connectivity index (χ3v) is 7.04. The second-order valence-corrected chi connectivity index (χ2v) is 8.65. The van der Waals surface area contributed by atoms with Crippen molar-refractivity contribution in [3.63, 3.8) is 0 Å². The Bertz CT molecular complexity index is 686. The molecule has 0 bridgehead atoms. The van der Waals surface area contributed by atoms with Gasteiger partial charge in [0.1, 0.15) is 0 Å². The van der Waals surface area contributed by atoms with Gasteiger partial charge in [0.05, 0.1) is 6.10 Å². The van der Waals surface area contributed by atoms with Crippen molar-refractivity contribution in [2.24, 2.45) is 29.1 Å². The Labute approximate surface area is 155 Å². The zero-order valence-electron chi connectivity index (χ0n) is 15.9. The van der Waals surface area contributed by atoms with Crippen molar-refractivity contribution < 1.29 is 19.8 Å². The number of allylic oxidation sites excluding steroid dienone is 6. The summed E-state index contributed by atoms with van der Waals surface area (Å²) in [7, 11) is 0. The summed E-state index contributed by atoms with van der Waals surface area (Å²) in [6, 6.07) is 0. The van der Waals surface area contributed by atoms with Gasteiger partial charge in [-0.1, -0.05) is 32.4 Å². The van der Waals surface area contributed by atoms with Crippen LogP contribution >= 0.6 is 0 Å². The highest BCUT2D eigenvalue weighted by atomic mass is 16.3. The predicted molar refractivity (Wildman–Crippen MR) is 100 cm³/mol. The number of aldehydes is 1. The number of aliphatic hydroxyl groups is 2. The molecule has 3 aliphatic carbocycles. The number of carbonyl (C=O) groups is 2. The number of aliphatic hydroxyl groups excluding tert-OH is 2. The van der Waals surface area contributed by atoms with Gasteiger partial charge in [-0.15, -0.1) is 0 Å². The predicted octanol–water partition coefficient (Wildman–Crippen LogP) is 3.91. The number of fused-ring (bicyclic) bond motifs is 3. The standard InChI is InChI=1S/C22H30O4/c1-13-4-5-15-6-7-16-11-17(24)8-9-22(16,3)21(15)18(25)10-14(2)20(13)19(26)12-23/h8-9,11-15,18,21,25-26H,4-7,10H2,1-3H3. The molecule has 0 saturated heterocycles. The third-order valence-electron chi connectivity index (χ3n) is 7.04. The summed E-state index contributed by atoms with van der Waals surface area (Å²) < 4.78 is 0. The zero-order chi connectivity index (χ0) is 19.1. The van der Waals surface area contributed by atoms with E-state index in [0.29, 0.717) is 18.6 Å². The highest BCUT2D eigenvalue weighted by Gasteiger charge is 2.49. The van der Waals surface area contributed by atoms with Crippen molar-refractivity contribution in [3.8, 4) is 0 Å². The Kier molecular flexibility index (Phi) is 5.25. The lowest BCUT2D eigenvalue weighted by molar-refractivity contribution is -0.111. The van der Waals surface area contributed by atoms with E-state index in [1.165, 1.54) is 0 Å². The monoisotopic (exact) mass is 358 g/mol. The SMILES string of the molecule is CC1CCC2CCC3=CC(=O)C=CC3(C)C2C(O)CC(C)C1=C(O)C=O. The Balaban J connectivity index is 1.99. The Morgan fingerprint density at radius 2 is 1.96 bits per heavy atom. The van der Waals surface area contributed by atoms with Gasteiger partial charge >= 0.3 is 0 Å². The molecule has 26 heavy (non-hydrogen) atoms. The maximum Gasteiger partial charge on any atom is 0.184 e. The van der Waals surface area contributed by atoms with Crippen LogP contribution in [0.5, 0.6) is 0 Å². The van der Waals surface area contributed by atoms with Crippen LogP contribution < -0.4 is 0 Å². The molecule has 0 aromatic heterocycles. The minimum absolute atomic E-state index is 0.0385. The molecule has 0 aromatic carbocycles. The molecule has 0 aromatic rings. The van der Waals surface area contributed by atoms with E-state index in [9.17, 15) is 19.8 Å². The lowest BCUT2D eigenvalue weighted by atomic mass is 9.55. The average Bonchev–Trinajstić information content (AvgIpc) is 2.63. The zero-order valence-corrected chi connectivity index (χ0v) is 15.9. The van der Waals surface area contributed by atoms with Gasteiger partial charge in [0.25, 0.3) is 0 Å². The van der Waals surface area contributed by atoms with Crippen LogP contribution in [0.15, 0.2) is 35.1 Å². The summed E-state index contributed by atoms with van der Waals surface area (Å²) in [6.45, 7) is 6.19. The fourth-order valence-electron chi connectivity index (χ4n) is 5.77. The molecule has 4 heteroatoms. The fourth-order valence-corrected chi connectivity index (χ4v) is 5.77. The first-order valence-corrected chi connectivity index (χ1v) is 9.78. The van der Waals surface area contributed by atoms with Gasteiger partial charge < -0.3 is 10.2 Å². The molecule has 0 radical (unpaired) electrons. The molecular formula is C22H30O4. The number of hydrogen-bond acceptors (Lipinski definition) is 4. The van der Waals surface area contributed by atoms with Crippen LogP contribution in [0.1, 0.15) is 52.9 Å². The molecule has 0 spiro atoms. The van der Waals surface area contributed by atoms with E-state index in [-0.39, 0.29) is 34.7 Å². The van der Waals surface area contributed by atoms with Gasteiger partial charge in [-0.25, -0.2) is 0 Å². The van der Waals surface area contributed by atoms with E-state index in [0.717, 1.165) is 36.8 Å². The molecular weight excluding hydrogens is 328 g/mol. The first-order chi connectivity index (χ1) is 12.3. The Morgan fingerprint density at radius 3 is 2.65 bits per heavy atom. The molecule has 2 N–H and O–H groups in total. The van der Waals surface area contributed by atoms with Crippen LogP contribution in [0.2, 0.25) is 0 Å². The topological polar surface area (TPSA) is 74.6 Å². The molecule has 142 valence electrons. The lowest BCUT2D eigenvalue weighted by Crippen LogP contribution is -2.46. The molecule has 4 nitrogen and oxygen atoms in total. The minimum atomic E-state index is -0.540. The molecule has 0 heterocycles. The first kappa shape index (κ1) is 19.1. The van der Waals surface area contributed by atoms with Crippen molar-refractivity contribution in [3.05, 3.63) is 35.1 Å². The average molecular weight is 358 g/mol. The summed E-state index contributed by atoms with van der Waals surface area (Å²) in [6.07, 6.45) is 9.61. The van der Waals surface area contributed by atoms with E-state index in [4.69, 9.17) is 0 Å². The largest absolute Gasteiger partial charge is 0.505 e. The molecule has 3 rings (SSSR count). The normalized spacial score (nSPS) is 42.5. The molecule has 3 aliphatic rings. The van der Waals surface area contributed by atoms with E-state index in [1.54, 1.807) is 12.2 Å².